The van der Waals surface area contributed by atoms with E-state index in [4.69, 9.17) is 0 Å². The Kier molecular flexibility index (Phi) is 10.1. The smallest absolute Gasteiger partial charge is 0.191 e. The summed E-state index contributed by atoms with van der Waals surface area (Å²) in [4.78, 5) is 9.26. The maximum Gasteiger partial charge on any atom is 0.191 e. The van der Waals surface area contributed by atoms with Crippen molar-refractivity contribution in [2.75, 3.05) is 51.2 Å². The van der Waals surface area contributed by atoms with Crippen LogP contribution >= 0.6 is 24.0 Å². The van der Waals surface area contributed by atoms with Crippen LogP contribution in [0.15, 0.2) is 35.3 Å². The van der Waals surface area contributed by atoms with E-state index in [0.29, 0.717) is 6.04 Å². The lowest BCUT2D eigenvalue weighted by Crippen LogP contribution is -2.47. The molecule has 0 saturated carbocycles. The van der Waals surface area contributed by atoms with Crippen molar-refractivity contribution in [1.82, 2.24) is 15.5 Å². The van der Waals surface area contributed by atoms with E-state index in [0.717, 1.165) is 51.6 Å². The van der Waals surface area contributed by atoms with Gasteiger partial charge < -0.3 is 15.5 Å². The Bertz CT molecular complexity index is 470. The number of hydrogen-bond acceptors (Lipinski definition) is 3. The Morgan fingerprint density at radius 2 is 1.79 bits per heavy atom. The van der Waals surface area contributed by atoms with Crippen LogP contribution in [-0.4, -0.2) is 63.2 Å². The van der Waals surface area contributed by atoms with Gasteiger partial charge in [-0.25, -0.2) is 0 Å². The molecule has 1 aliphatic heterocycles. The lowest BCUT2D eigenvalue weighted by Gasteiger charge is -2.36. The van der Waals surface area contributed by atoms with E-state index in [1.54, 1.807) is 0 Å². The first-order valence-electron chi connectivity index (χ1n) is 8.68. The molecule has 0 aliphatic carbocycles. The fourth-order valence-electron chi connectivity index (χ4n) is 2.85. The molecule has 24 heavy (non-hydrogen) atoms. The molecule has 1 aliphatic rings. The molecular formula is C18H32IN5. The number of benzene rings is 1. The number of halogens is 1. The monoisotopic (exact) mass is 445 g/mol. The third-order valence-corrected chi connectivity index (χ3v) is 4.09. The van der Waals surface area contributed by atoms with Crippen LogP contribution in [0.3, 0.4) is 0 Å². The third-order valence-electron chi connectivity index (χ3n) is 4.09. The molecule has 0 radical (unpaired) electrons. The summed E-state index contributed by atoms with van der Waals surface area (Å²) in [5.41, 5.74) is 1.34. The predicted octanol–water partition coefficient (Wildman–Crippen LogP) is 2.39. The van der Waals surface area contributed by atoms with Crippen molar-refractivity contribution in [3.63, 3.8) is 0 Å². The normalized spacial score (nSPS) is 16.0. The van der Waals surface area contributed by atoms with Gasteiger partial charge in [-0.2, -0.15) is 0 Å². The molecule has 5 nitrogen and oxygen atoms in total. The van der Waals surface area contributed by atoms with Crippen molar-refractivity contribution in [3.05, 3.63) is 30.3 Å². The number of nitrogens with one attached hydrogen (secondary N) is 2. The summed E-state index contributed by atoms with van der Waals surface area (Å²) in [6, 6.07) is 11.1. The van der Waals surface area contributed by atoms with Gasteiger partial charge in [-0.3, -0.25) is 9.89 Å². The van der Waals surface area contributed by atoms with Gasteiger partial charge in [-0.1, -0.05) is 18.2 Å². The van der Waals surface area contributed by atoms with Gasteiger partial charge in [-0.05, 0) is 38.9 Å². The second-order valence-corrected chi connectivity index (χ2v) is 6.32. The van der Waals surface area contributed by atoms with E-state index in [2.05, 4.69) is 69.6 Å². The van der Waals surface area contributed by atoms with Crippen LogP contribution in [0.1, 0.15) is 20.3 Å². The van der Waals surface area contributed by atoms with Crippen molar-refractivity contribution in [2.24, 2.45) is 4.99 Å². The first kappa shape index (κ1) is 21.0. The Morgan fingerprint density at radius 3 is 2.38 bits per heavy atom. The topological polar surface area (TPSA) is 42.9 Å². The summed E-state index contributed by atoms with van der Waals surface area (Å²) in [7, 11) is 1.82. The molecule has 0 atom stereocenters. The molecule has 0 aromatic heterocycles. The van der Waals surface area contributed by atoms with Gasteiger partial charge in [0.2, 0.25) is 0 Å². The molecule has 1 heterocycles. The van der Waals surface area contributed by atoms with Crippen molar-refractivity contribution < 1.29 is 0 Å². The SMILES string of the molecule is CN=C(NCCCN1CCN(c2ccccc2)CC1)NC(C)C.I. The highest BCUT2D eigenvalue weighted by Gasteiger charge is 2.16. The fraction of sp³-hybridized carbons (Fsp3) is 0.611. The molecule has 1 aromatic rings. The van der Waals surface area contributed by atoms with E-state index in [-0.39, 0.29) is 24.0 Å². The molecule has 0 bridgehead atoms. The highest BCUT2D eigenvalue weighted by Crippen LogP contribution is 2.15. The largest absolute Gasteiger partial charge is 0.369 e. The van der Waals surface area contributed by atoms with Gasteiger partial charge in [-0.15, -0.1) is 24.0 Å². The Morgan fingerprint density at radius 1 is 1.12 bits per heavy atom. The van der Waals surface area contributed by atoms with Crippen molar-refractivity contribution in [3.8, 4) is 0 Å². The molecule has 136 valence electrons. The van der Waals surface area contributed by atoms with Gasteiger partial charge in [0.25, 0.3) is 0 Å². The highest BCUT2D eigenvalue weighted by atomic mass is 127. The number of para-hydroxylation sites is 1. The van der Waals surface area contributed by atoms with Gasteiger partial charge >= 0.3 is 0 Å². The zero-order valence-corrected chi connectivity index (χ0v) is 17.5. The van der Waals surface area contributed by atoms with E-state index in [1.807, 2.05) is 7.05 Å². The van der Waals surface area contributed by atoms with E-state index in [9.17, 15) is 0 Å². The fourth-order valence-corrected chi connectivity index (χ4v) is 2.85. The highest BCUT2D eigenvalue weighted by molar-refractivity contribution is 14.0. The zero-order chi connectivity index (χ0) is 16.5. The van der Waals surface area contributed by atoms with Gasteiger partial charge in [0.1, 0.15) is 0 Å². The summed E-state index contributed by atoms with van der Waals surface area (Å²) in [6.07, 6.45) is 1.14. The number of rotatable bonds is 6. The second-order valence-electron chi connectivity index (χ2n) is 6.32. The molecule has 2 rings (SSSR count). The lowest BCUT2D eigenvalue weighted by molar-refractivity contribution is 0.255. The lowest BCUT2D eigenvalue weighted by atomic mass is 10.2. The van der Waals surface area contributed by atoms with Crippen LogP contribution in [0.4, 0.5) is 5.69 Å². The van der Waals surface area contributed by atoms with Crippen molar-refractivity contribution >= 4 is 35.6 Å². The van der Waals surface area contributed by atoms with Crippen molar-refractivity contribution in [2.45, 2.75) is 26.3 Å². The molecule has 0 spiro atoms. The Hall–Kier alpha value is -1.02. The predicted molar refractivity (Wildman–Crippen MR) is 115 cm³/mol. The van der Waals surface area contributed by atoms with E-state index >= 15 is 0 Å². The van der Waals surface area contributed by atoms with Gasteiger partial charge in [0, 0.05) is 51.5 Å². The summed E-state index contributed by atoms with van der Waals surface area (Å²) in [5.74, 6) is 0.897. The molecular weight excluding hydrogens is 413 g/mol. The molecule has 2 N–H and O–H groups in total. The van der Waals surface area contributed by atoms with Crippen LogP contribution in [0, 0.1) is 0 Å². The Labute approximate surface area is 163 Å². The molecule has 6 heteroatoms. The minimum Gasteiger partial charge on any atom is -0.369 e. The number of piperazine rings is 1. The maximum atomic E-state index is 4.23. The number of nitrogens with zero attached hydrogens (tertiary/aromatic N) is 3. The minimum absolute atomic E-state index is 0. The van der Waals surface area contributed by atoms with Crippen molar-refractivity contribution in [1.29, 1.82) is 0 Å². The first-order valence-corrected chi connectivity index (χ1v) is 8.68. The number of guanidine groups is 1. The quantitative estimate of drug-likeness (QED) is 0.306. The number of hydrogen-bond donors (Lipinski definition) is 2. The summed E-state index contributed by atoms with van der Waals surface area (Å²) < 4.78 is 0. The molecule has 0 amide bonds. The average molecular weight is 445 g/mol. The maximum absolute atomic E-state index is 4.23. The average Bonchev–Trinajstić information content (AvgIpc) is 2.58. The molecule has 0 unspecified atom stereocenters. The van der Waals surface area contributed by atoms with Crippen LogP contribution in [0.2, 0.25) is 0 Å². The second kappa shape index (κ2) is 11.5. The zero-order valence-electron chi connectivity index (χ0n) is 15.2. The molecule has 1 saturated heterocycles. The summed E-state index contributed by atoms with van der Waals surface area (Å²) >= 11 is 0. The van der Waals surface area contributed by atoms with Crippen LogP contribution in [0.5, 0.6) is 0 Å². The van der Waals surface area contributed by atoms with E-state index in [1.165, 1.54) is 5.69 Å². The molecule has 1 fully saturated rings. The Balaban J connectivity index is 0.00000288. The third kappa shape index (κ3) is 7.25. The van der Waals surface area contributed by atoms with Crippen LogP contribution in [0.25, 0.3) is 0 Å². The number of anilines is 1. The summed E-state index contributed by atoms with van der Waals surface area (Å²) in [5, 5.41) is 6.69. The molecule has 1 aromatic carbocycles. The first-order chi connectivity index (χ1) is 11.2. The van der Waals surface area contributed by atoms with Crippen LogP contribution in [-0.2, 0) is 0 Å². The van der Waals surface area contributed by atoms with Gasteiger partial charge in [0.15, 0.2) is 5.96 Å². The standard InChI is InChI=1S/C18H31N5.HI/c1-16(2)21-18(19-3)20-10-7-11-22-12-14-23(15-13-22)17-8-5-4-6-9-17;/h4-6,8-9,16H,7,10-15H2,1-3H3,(H2,19,20,21);1H. The van der Waals surface area contributed by atoms with Gasteiger partial charge in [0.05, 0.1) is 0 Å². The summed E-state index contributed by atoms with van der Waals surface area (Å²) in [6.45, 7) is 10.9. The minimum atomic E-state index is 0. The van der Waals surface area contributed by atoms with Crippen LogP contribution < -0.4 is 15.5 Å². The number of aliphatic imine (C=N–C) groups is 1. The van der Waals surface area contributed by atoms with E-state index < -0.39 is 0 Å².